The second-order valence-electron chi connectivity index (χ2n) is 6.45. The first-order valence-electron chi connectivity index (χ1n) is 8.72. The van der Waals surface area contributed by atoms with Gasteiger partial charge in [0.2, 0.25) is 5.91 Å². The van der Waals surface area contributed by atoms with Gasteiger partial charge in [-0.25, -0.2) is 8.42 Å². The van der Waals surface area contributed by atoms with Crippen molar-refractivity contribution in [3.63, 3.8) is 0 Å². The number of likely N-dealkylation sites (N-methyl/N-ethyl adjacent to an activating group) is 1. The molecule has 0 unspecified atom stereocenters. The molecular weight excluding hydrogens is 372 g/mol. The molecular formula is C18H24N2O6S. The lowest BCUT2D eigenvalue weighted by molar-refractivity contribution is -0.152. The standard InChI is InChI=1S/C18H24N2O6S/c1-3-20(16-8-9-27(24,25)12-16)17(22)11-26-18(23)10-14-4-6-15(7-5-14)19-13(2)21/h4-7,16H,3,8-12H2,1-2H3,(H,19,21)/t16-/m0/s1. The fourth-order valence-electron chi connectivity index (χ4n) is 3.01. The van der Waals surface area contributed by atoms with Gasteiger partial charge in [-0.2, -0.15) is 0 Å². The van der Waals surface area contributed by atoms with Crippen molar-refractivity contribution >= 4 is 33.3 Å². The van der Waals surface area contributed by atoms with Gasteiger partial charge in [-0.15, -0.1) is 0 Å². The maximum Gasteiger partial charge on any atom is 0.310 e. The Morgan fingerprint density at radius 3 is 2.41 bits per heavy atom. The lowest BCUT2D eigenvalue weighted by Crippen LogP contribution is -2.43. The molecule has 0 radical (unpaired) electrons. The highest BCUT2D eigenvalue weighted by Crippen LogP contribution is 2.18. The lowest BCUT2D eigenvalue weighted by atomic mass is 10.1. The van der Waals surface area contributed by atoms with Crippen molar-refractivity contribution in [2.24, 2.45) is 0 Å². The number of carbonyl (C=O) groups excluding carboxylic acids is 3. The average Bonchev–Trinajstić information content (AvgIpc) is 2.94. The van der Waals surface area contributed by atoms with E-state index in [2.05, 4.69) is 5.32 Å². The van der Waals surface area contributed by atoms with E-state index in [1.807, 2.05) is 0 Å². The molecule has 1 N–H and O–H groups in total. The Hall–Kier alpha value is -2.42. The summed E-state index contributed by atoms with van der Waals surface area (Å²) in [7, 11) is -3.10. The molecule has 1 aliphatic heterocycles. The largest absolute Gasteiger partial charge is 0.455 e. The minimum absolute atomic E-state index is 0.00242. The second kappa shape index (κ2) is 8.98. The molecule has 1 aromatic carbocycles. The number of esters is 1. The normalized spacial score (nSPS) is 17.9. The summed E-state index contributed by atoms with van der Waals surface area (Å²) in [6.07, 6.45) is 0.411. The lowest BCUT2D eigenvalue weighted by Gasteiger charge is -2.26. The van der Waals surface area contributed by atoms with Gasteiger partial charge in [0.25, 0.3) is 5.91 Å². The zero-order valence-corrected chi connectivity index (χ0v) is 16.3. The first-order chi connectivity index (χ1) is 12.7. The molecule has 1 heterocycles. The average molecular weight is 396 g/mol. The Balaban J connectivity index is 1.83. The predicted molar refractivity (Wildman–Crippen MR) is 99.9 cm³/mol. The maximum absolute atomic E-state index is 12.3. The van der Waals surface area contributed by atoms with E-state index in [0.717, 1.165) is 0 Å². The molecule has 0 aliphatic carbocycles. The molecule has 2 amide bonds. The van der Waals surface area contributed by atoms with Gasteiger partial charge in [0.15, 0.2) is 16.4 Å². The third-order valence-corrected chi connectivity index (χ3v) is 6.04. The third-order valence-electron chi connectivity index (χ3n) is 4.29. The molecule has 9 heteroatoms. The maximum atomic E-state index is 12.3. The molecule has 0 saturated carbocycles. The van der Waals surface area contributed by atoms with Crippen LogP contribution in [0.1, 0.15) is 25.8 Å². The van der Waals surface area contributed by atoms with Crippen molar-refractivity contribution in [2.75, 3.05) is 30.0 Å². The van der Waals surface area contributed by atoms with Crippen molar-refractivity contribution in [2.45, 2.75) is 32.7 Å². The van der Waals surface area contributed by atoms with Crippen LogP contribution in [0.2, 0.25) is 0 Å². The summed E-state index contributed by atoms with van der Waals surface area (Å²) in [5.74, 6) is -1.09. The van der Waals surface area contributed by atoms with E-state index in [-0.39, 0.29) is 29.9 Å². The number of hydrogen-bond acceptors (Lipinski definition) is 6. The number of rotatable bonds is 7. The van der Waals surface area contributed by atoms with E-state index in [4.69, 9.17) is 4.74 Å². The molecule has 0 spiro atoms. The van der Waals surface area contributed by atoms with Gasteiger partial charge in [0, 0.05) is 25.2 Å². The number of carbonyl (C=O) groups is 3. The summed E-state index contributed by atoms with van der Waals surface area (Å²) in [5.41, 5.74) is 1.32. The smallest absolute Gasteiger partial charge is 0.310 e. The van der Waals surface area contributed by atoms with E-state index >= 15 is 0 Å². The molecule has 0 bridgehead atoms. The van der Waals surface area contributed by atoms with Gasteiger partial charge in [0.05, 0.1) is 17.9 Å². The summed E-state index contributed by atoms with van der Waals surface area (Å²) in [6, 6.07) is 6.38. The monoisotopic (exact) mass is 396 g/mol. The molecule has 0 aromatic heterocycles. The molecule has 1 aliphatic rings. The first kappa shape index (κ1) is 20.9. The fraction of sp³-hybridized carbons (Fsp3) is 0.500. The Morgan fingerprint density at radius 2 is 1.89 bits per heavy atom. The predicted octanol–water partition coefficient (Wildman–Crippen LogP) is 0.766. The summed E-state index contributed by atoms with van der Waals surface area (Å²) < 4.78 is 28.2. The van der Waals surface area contributed by atoms with Gasteiger partial charge >= 0.3 is 5.97 Å². The van der Waals surface area contributed by atoms with E-state index in [9.17, 15) is 22.8 Å². The Bertz CT molecular complexity index is 804. The quantitative estimate of drug-likeness (QED) is 0.682. The van der Waals surface area contributed by atoms with Crippen LogP contribution in [-0.4, -0.2) is 61.8 Å². The number of benzene rings is 1. The van der Waals surface area contributed by atoms with Gasteiger partial charge < -0.3 is 15.0 Å². The molecule has 1 atom stereocenters. The molecule has 2 rings (SSSR count). The number of sulfone groups is 1. The molecule has 27 heavy (non-hydrogen) atoms. The number of nitrogens with one attached hydrogen (secondary N) is 1. The van der Waals surface area contributed by atoms with Crippen molar-refractivity contribution in [1.82, 2.24) is 4.90 Å². The van der Waals surface area contributed by atoms with Crippen molar-refractivity contribution in [1.29, 1.82) is 0 Å². The zero-order chi connectivity index (χ0) is 20.0. The van der Waals surface area contributed by atoms with Crippen LogP contribution in [-0.2, 0) is 35.4 Å². The summed E-state index contributed by atoms with van der Waals surface area (Å²) >= 11 is 0. The van der Waals surface area contributed by atoms with Crippen LogP contribution in [0.3, 0.4) is 0 Å². The van der Waals surface area contributed by atoms with E-state index in [1.54, 1.807) is 31.2 Å². The van der Waals surface area contributed by atoms with Crippen LogP contribution in [0.4, 0.5) is 5.69 Å². The zero-order valence-electron chi connectivity index (χ0n) is 15.4. The molecule has 1 fully saturated rings. The van der Waals surface area contributed by atoms with E-state index in [1.165, 1.54) is 11.8 Å². The first-order valence-corrected chi connectivity index (χ1v) is 10.5. The highest BCUT2D eigenvalue weighted by Gasteiger charge is 2.34. The number of amides is 2. The van der Waals surface area contributed by atoms with Gasteiger partial charge in [-0.1, -0.05) is 12.1 Å². The van der Waals surface area contributed by atoms with Crippen LogP contribution in [0.15, 0.2) is 24.3 Å². The highest BCUT2D eigenvalue weighted by molar-refractivity contribution is 7.91. The van der Waals surface area contributed by atoms with Gasteiger partial charge in [-0.3, -0.25) is 14.4 Å². The Labute approximate surface area is 158 Å². The SMILES string of the molecule is CCN(C(=O)COC(=O)Cc1ccc(NC(C)=O)cc1)[C@H]1CCS(=O)(=O)C1. The molecule has 148 valence electrons. The number of hydrogen-bond donors (Lipinski definition) is 1. The van der Waals surface area contributed by atoms with Crippen molar-refractivity contribution < 1.29 is 27.5 Å². The number of ether oxygens (including phenoxy) is 1. The van der Waals surface area contributed by atoms with Crippen LogP contribution in [0.25, 0.3) is 0 Å². The van der Waals surface area contributed by atoms with Crippen molar-refractivity contribution in [3.8, 4) is 0 Å². The van der Waals surface area contributed by atoms with Crippen molar-refractivity contribution in [3.05, 3.63) is 29.8 Å². The minimum Gasteiger partial charge on any atom is -0.455 e. The van der Waals surface area contributed by atoms with E-state index in [0.29, 0.717) is 24.2 Å². The van der Waals surface area contributed by atoms with Gasteiger partial charge in [0.1, 0.15) is 0 Å². The topological polar surface area (TPSA) is 110 Å². The van der Waals surface area contributed by atoms with Crippen LogP contribution in [0.5, 0.6) is 0 Å². The summed E-state index contributed by atoms with van der Waals surface area (Å²) in [5, 5.41) is 2.63. The summed E-state index contributed by atoms with van der Waals surface area (Å²) in [4.78, 5) is 36.7. The highest BCUT2D eigenvalue weighted by atomic mass is 32.2. The van der Waals surface area contributed by atoms with E-state index < -0.39 is 28.3 Å². The van der Waals surface area contributed by atoms with Crippen LogP contribution < -0.4 is 5.32 Å². The molecule has 1 aromatic rings. The molecule has 8 nitrogen and oxygen atoms in total. The Kier molecular flexibility index (Phi) is 6.95. The summed E-state index contributed by atoms with van der Waals surface area (Å²) in [6.45, 7) is 3.12. The molecule has 1 saturated heterocycles. The Morgan fingerprint density at radius 1 is 1.22 bits per heavy atom. The van der Waals surface area contributed by atoms with Crippen LogP contribution in [0, 0.1) is 0 Å². The third kappa shape index (κ3) is 6.35. The fourth-order valence-corrected chi connectivity index (χ4v) is 4.74. The number of anilines is 1. The second-order valence-corrected chi connectivity index (χ2v) is 8.68. The van der Waals surface area contributed by atoms with Crippen LogP contribution >= 0.6 is 0 Å². The van der Waals surface area contributed by atoms with Gasteiger partial charge in [-0.05, 0) is 31.0 Å². The minimum atomic E-state index is -3.10. The number of nitrogens with zero attached hydrogens (tertiary/aromatic N) is 1.